The summed E-state index contributed by atoms with van der Waals surface area (Å²) in [5.41, 5.74) is 2.03. The Kier molecular flexibility index (Phi) is 6.36. The lowest BCUT2D eigenvalue weighted by atomic mass is 10.1. The van der Waals surface area contributed by atoms with Crippen LogP contribution in [0.15, 0.2) is 24.3 Å². The third-order valence-corrected chi connectivity index (χ3v) is 4.31. The Balaban J connectivity index is 1.75. The third-order valence-electron chi connectivity index (χ3n) is 4.31. The van der Waals surface area contributed by atoms with Crippen molar-refractivity contribution in [3.05, 3.63) is 29.8 Å². The molecule has 1 aromatic rings. The molecular formula is C17H27N3O2. The smallest absolute Gasteiger partial charge is 0.238 e. The topological polar surface area (TPSA) is 55.8 Å². The highest BCUT2D eigenvalue weighted by molar-refractivity contribution is 5.92. The van der Waals surface area contributed by atoms with Crippen molar-refractivity contribution in [3.63, 3.8) is 0 Å². The number of aliphatic hydroxyl groups is 1. The summed E-state index contributed by atoms with van der Waals surface area (Å²) in [4.78, 5) is 16.6. The van der Waals surface area contributed by atoms with Crippen LogP contribution in [0.5, 0.6) is 0 Å². The summed E-state index contributed by atoms with van der Waals surface area (Å²) in [6.45, 7) is 8.34. The molecule has 2 rings (SSSR count). The summed E-state index contributed by atoms with van der Waals surface area (Å²) in [5, 5.41) is 12.3. The molecule has 0 spiro atoms. The van der Waals surface area contributed by atoms with Gasteiger partial charge in [-0.15, -0.1) is 0 Å². The van der Waals surface area contributed by atoms with Crippen molar-refractivity contribution in [1.29, 1.82) is 0 Å². The maximum Gasteiger partial charge on any atom is 0.238 e. The Bertz CT molecular complexity index is 463. The number of hydrogen-bond donors (Lipinski definition) is 2. The second-order valence-corrected chi connectivity index (χ2v) is 5.97. The van der Waals surface area contributed by atoms with E-state index in [9.17, 15) is 9.90 Å². The molecule has 0 aromatic heterocycles. The zero-order chi connectivity index (χ0) is 15.9. The quantitative estimate of drug-likeness (QED) is 0.832. The number of rotatable bonds is 6. The molecule has 1 unspecified atom stereocenters. The SMILES string of the molecule is CCC(CO)N1CCN(CC(=O)Nc2ccc(C)cc2)CC1. The van der Waals surface area contributed by atoms with E-state index in [0.717, 1.165) is 38.3 Å². The first-order valence-electron chi connectivity index (χ1n) is 8.06. The number of nitrogens with one attached hydrogen (secondary N) is 1. The van der Waals surface area contributed by atoms with Crippen LogP contribution in [0.3, 0.4) is 0 Å². The van der Waals surface area contributed by atoms with Crippen LogP contribution < -0.4 is 5.32 Å². The molecule has 0 radical (unpaired) electrons. The average Bonchev–Trinajstić information content (AvgIpc) is 2.52. The number of carbonyl (C=O) groups excluding carboxylic acids is 1. The highest BCUT2D eigenvalue weighted by Crippen LogP contribution is 2.11. The Morgan fingerprint density at radius 3 is 2.41 bits per heavy atom. The molecule has 0 saturated carbocycles. The Labute approximate surface area is 132 Å². The van der Waals surface area contributed by atoms with Gasteiger partial charge in [0.05, 0.1) is 13.2 Å². The fourth-order valence-electron chi connectivity index (χ4n) is 2.83. The first-order chi connectivity index (χ1) is 10.6. The normalized spacial score (nSPS) is 18.1. The zero-order valence-corrected chi connectivity index (χ0v) is 13.6. The molecular weight excluding hydrogens is 278 g/mol. The second-order valence-electron chi connectivity index (χ2n) is 5.97. The van der Waals surface area contributed by atoms with Crippen molar-refractivity contribution in [3.8, 4) is 0 Å². The maximum absolute atomic E-state index is 12.1. The molecule has 5 nitrogen and oxygen atoms in total. The molecule has 1 aliphatic heterocycles. The van der Waals surface area contributed by atoms with Gasteiger partial charge in [-0.3, -0.25) is 14.6 Å². The predicted octanol–water partition coefficient (Wildman–Crippen LogP) is 1.32. The molecule has 22 heavy (non-hydrogen) atoms. The minimum atomic E-state index is 0.0338. The van der Waals surface area contributed by atoms with Crippen molar-refractivity contribution >= 4 is 11.6 Å². The van der Waals surface area contributed by atoms with Crippen molar-refractivity contribution in [1.82, 2.24) is 9.80 Å². The largest absolute Gasteiger partial charge is 0.395 e. The van der Waals surface area contributed by atoms with E-state index in [2.05, 4.69) is 22.0 Å². The summed E-state index contributed by atoms with van der Waals surface area (Å²) in [7, 11) is 0. The minimum absolute atomic E-state index is 0.0338. The second kappa shape index (κ2) is 8.27. The number of hydrogen-bond acceptors (Lipinski definition) is 4. The van der Waals surface area contributed by atoms with Crippen LogP contribution in [0.2, 0.25) is 0 Å². The highest BCUT2D eigenvalue weighted by Gasteiger charge is 2.23. The average molecular weight is 305 g/mol. The molecule has 122 valence electrons. The van der Waals surface area contributed by atoms with Gasteiger partial charge in [-0.25, -0.2) is 0 Å². The first-order valence-corrected chi connectivity index (χ1v) is 8.06. The molecule has 1 atom stereocenters. The van der Waals surface area contributed by atoms with Gasteiger partial charge in [-0.05, 0) is 25.5 Å². The molecule has 1 fully saturated rings. The van der Waals surface area contributed by atoms with Crippen LogP contribution in [0.4, 0.5) is 5.69 Å². The van der Waals surface area contributed by atoms with Crippen LogP contribution in [0.1, 0.15) is 18.9 Å². The Hall–Kier alpha value is -1.43. The Morgan fingerprint density at radius 2 is 1.86 bits per heavy atom. The van der Waals surface area contributed by atoms with Crippen molar-refractivity contribution in [2.24, 2.45) is 0 Å². The molecule has 5 heteroatoms. The fourth-order valence-corrected chi connectivity index (χ4v) is 2.83. The number of carbonyl (C=O) groups is 1. The lowest BCUT2D eigenvalue weighted by molar-refractivity contribution is -0.117. The van der Waals surface area contributed by atoms with E-state index in [-0.39, 0.29) is 18.6 Å². The van der Waals surface area contributed by atoms with Crippen LogP contribution in [-0.2, 0) is 4.79 Å². The van der Waals surface area contributed by atoms with Gasteiger partial charge in [-0.1, -0.05) is 24.6 Å². The van der Waals surface area contributed by atoms with Gasteiger partial charge >= 0.3 is 0 Å². The predicted molar refractivity (Wildman–Crippen MR) is 89.0 cm³/mol. The van der Waals surface area contributed by atoms with Gasteiger partial charge < -0.3 is 10.4 Å². The summed E-state index contributed by atoms with van der Waals surface area (Å²) in [6, 6.07) is 8.10. The van der Waals surface area contributed by atoms with Crippen molar-refractivity contribution in [2.45, 2.75) is 26.3 Å². The monoisotopic (exact) mass is 305 g/mol. The molecule has 0 aliphatic carbocycles. The van der Waals surface area contributed by atoms with E-state index < -0.39 is 0 Å². The van der Waals surface area contributed by atoms with Gasteiger partial charge in [0, 0.05) is 37.9 Å². The summed E-state index contributed by atoms with van der Waals surface area (Å²) in [5.74, 6) is 0.0338. The number of piperazine rings is 1. The first kappa shape index (κ1) is 16.9. The molecule has 1 amide bonds. The molecule has 0 bridgehead atoms. The number of aliphatic hydroxyl groups excluding tert-OH is 1. The summed E-state index contributed by atoms with van der Waals surface area (Å²) < 4.78 is 0. The molecule has 2 N–H and O–H groups in total. The van der Waals surface area contributed by atoms with Gasteiger partial charge in [0.25, 0.3) is 0 Å². The van der Waals surface area contributed by atoms with E-state index in [0.29, 0.717) is 6.54 Å². The number of anilines is 1. The number of benzene rings is 1. The molecule has 1 aliphatic rings. The van der Waals surface area contributed by atoms with Crippen LogP contribution in [0, 0.1) is 6.92 Å². The van der Waals surface area contributed by atoms with E-state index in [1.54, 1.807) is 0 Å². The Morgan fingerprint density at radius 1 is 1.23 bits per heavy atom. The van der Waals surface area contributed by atoms with Crippen LogP contribution >= 0.6 is 0 Å². The van der Waals surface area contributed by atoms with E-state index in [1.165, 1.54) is 5.56 Å². The zero-order valence-electron chi connectivity index (χ0n) is 13.6. The van der Waals surface area contributed by atoms with E-state index in [4.69, 9.17) is 0 Å². The highest BCUT2D eigenvalue weighted by atomic mass is 16.3. The van der Waals surface area contributed by atoms with Gasteiger partial charge in [0.2, 0.25) is 5.91 Å². The maximum atomic E-state index is 12.1. The fraction of sp³-hybridized carbons (Fsp3) is 0.588. The third kappa shape index (κ3) is 4.80. The number of aryl methyl sites for hydroxylation is 1. The summed E-state index contributed by atoms with van der Waals surface area (Å²) in [6.07, 6.45) is 0.963. The van der Waals surface area contributed by atoms with E-state index >= 15 is 0 Å². The van der Waals surface area contributed by atoms with Crippen LogP contribution in [-0.4, -0.2) is 66.2 Å². The van der Waals surface area contributed by atoms with Crippen molar-refractivity contribution < 1.29 is 9.90 Å². The lowest BCUT2D eigenvalue weighted by Crippen LogP contribution is -2.52. The van der Waals surface area contributed by atoms with Crippen LogP contribution in [0.25, 0.3) is 0 Å². The van der Waals surface area contributed by atoms with Crippen molar-refractivity contribution in [2.75, 3.05) is 44.6 Å². The van der Waals surface area contributed by atoms with E-state index in [1.807, 2.05) is 31.2 Å². The van der Waals surface area contributed by atoms with Gasteiger partial charge in [0.1, 0.15) is 0 Å². The minimum Gasteiger partial charge on any atom is -0.395 e. The molecule has 1 saturated heterocycles. The molecule has 1 heterocycles. The standard InChI is InChI=1S/C17H27N3O2/c1-3-16(13-21)20-10-8-19(9-11-20)12-17(22)18-15-6-4-14(2)5-7-15/h4-7,16,21H,3,8-13H2,1-2H3,(H,18,22). The summed E-state index contributed by atoms with van der Waals surface area (Å²) >= 11 is 0. The molecule has 1 aromatic carbocycles. The van der Waals surface area contributed by atoms with Gasteiger partial charge in [-0.2, -0.15) is 0 Å². The van der Waals surface area contributed by atoms with Gasteiger partial charge in [0.15, 0.2) is 0 Å². The lowest BCUT2D eigenvalue weighted by Gasteiger charge is -2.38. The number of nitrogens with zero attached hydrogens (tertiary/aromatic N) is 2. The number of amides is 1.